The summed E-state index contributed by atoms with van der Waals surface area (Å²) in [4.78, 5) is 2.22. The van der Waals surface area contributed by atoms with Crippen molar-refractivity contribution in [3.05, 3.63) is 71.8 Å². The third-order valence-corrected chi connectivity index (χ3v) is 5.15. The van der Waals surface area contributed by atoms with Gasteiger partial charge in [0, 0.05) is 12.0 Å². The van der Waals surface area contributed by atoms with Gasteiger partial charge in [-0.05, 0) is 74.7 Å². The first-order valence-electron chi connectivity index (χ1n) is 8.87. The number of rotatable bonds is 4. The van der Waals surface area contributed by atoms with Crippen LogP contribution in [0.3, 0.4) is 0 Å². The summed E-state index contributed by atoms with van der Waals surface area (Å²) >= 11 is 0. The molecule has 0 saturated heterocycles. The van der Waals surface area contributed by atoms with Gasteiger partial charge in [0.1, 0.15) is 11.5 Å². The number of benzene rings is 2. The Bertz CT molecular complexity index is 759. The van der Waals surface area contributed by atoms with Crippen molar-refractivity contribution in [2.75, 3.05) is 20.6 Å². The zero-order valence-electron chi connectivity index (χ0n) is 15.4. The second-order valence-electron chi connectivity index (χ2n) is 7.48. The minimum atomic E-state index is -0.0641. The van der Waals surface area contributed by atoms with E-state index in [1.54, 1.807) is 12.1 Å². The van der Waals surface area contributed by atoms with E-state index in [0.29, 0.717) is 17.4 Å². The van der Waals surface area contributed by atoms with Crippen LogP contribution >= 0.6 is 12.4 Å². The monoisotopic (exact) mass is 373 g/mol. The zero-order valence-corrected chi connectivity index (χ0v) is 16.2. The van der Waals surface area contributed by atoms with Crippen molar-refractivity contribution < 1.29 is 10.2 Å². The van der Waals surface area contributed by atoms with Crippen molar-refractivity contribution in [2.45, 2.75) is 30.6 Å². The van der Waals surface area contributed by atoms with Gasteiger partial charge in [0.25, 0.3) is 0 Å². The van der Waals surface area contributed by atoms with E-state index in [9.17, 15) is 10.2 Å². The number of phenols is 2. The van der Waals surface area contributed by atoms with Gasteiger partial charge >= 0.3 is 0 Å². The van der Waals surface area contributed by atoms with Crippen LogP contribution in [0.5, 0.6) is 11.5 Å². The maximum Gasteiger partial charge on any atom is 0.115 e. The topological polar surface area (TPSA) is 43.7 Å². The molecule has 3 rings (SSSR count). The number of phenolic OH excluding ortho intramolecular Hbond substituents is 2. The highest BCUT2D eigenvalue weighted by molar-refractivity contribution is 5.85. The van der Waals surface area contributed by atoms with Gasteiger partial charge in [-0.25, -0.2) is 0 Å². The molecule has 0 heterocycles. The predicted octanol–water partition coefficient (Wildman–Crippen LogP) is 4.84. The van der Waals surface area contributed by atoms with E-state index in [2.05, 4.69) is 43.3 Å². The summed E-state index contributed by atoms with van der Waals surface area (Å²) in [5.74, 6) is 0.979. The zero-order chi connectivity index (χ0) is 17.9. The number of hydrogen-bond donors (Lipinski definition) is 2. The van der Waals surface area contributed by atoms with Crippen LogP contribution in [0.1, 0.15) is 36.3 Å². The second-order valence-corrected chi connectivity index (χ2v) is 7.48. The molecule has 26 heavy (non-hydrogen) atoms. The first kappa shape index (κ1) is 20.3. The molecule has 140 valence electrons. The normalized spacial score (nSPS) is 22.7. The minimum absolute atomic E-state index is 0. The lowest BCUT2D eigenvalue weighted by Crippen LogP contribution is -2.38. The molecular formula is C22H28ClNO2. The summed E-state index contributed by atoms with van der Waals surface area (Å²) in [5.41, 5.74) is 2.29. The largest absolute Gasteiger partial charge is 0.508 e. The van der Waals surface area contributed by atoms with Crippen LogP contribution in [0.2, 0.25) is 0 Å². The molecule has 1 aliphatic carbocycles. The van der Waals surface area contributed by atoms with E-state index in [-0.39, 0.29) is 17.8 Å². The Kier molecular flexibility index (Phi) is 6.74. The molecule has 0 spiro atoms. The Morgan fingerprint density at radius 1 is 1.00 bits per heavy atom. The van der Waals surface area contributed by atoms with Crippen molar-refractivity contribution in [2.24, 2.45) is 0 Å². The molecular weight excluding hydrogens is 346 g/mol. The average molecular weight is 374 g/mol. The molecule has 2 atom stereocenters. The van der Waals surface area contributed by atoms with E-state index in [0.717, 1.165) is 25.8 Å². The summed E-state index contributed by atoms with van der Waals surface area (Å²) in [6.07, 6.45) is 7.43. The number of aromatic hydroxyl groups is 2. The number of halogens is 1. The van der Waals surface area contributed by atoms with Crippen LogP contribution in [0.15, 0.2) is 60.7 Å². The van der Waals surface area contributed by atoms with Crippen molar-refractivity contribution in [1.82, 2.24) is 4.90 Å². The molecule has 3 nitrogen and oxygen atoms in total. The Hall–Kier alpha value is -1.97. The van der Waals surface area contributed by atoms with Crippen LogP contribution in [0.4, 0.5) is 0 Å². The van der Waals surface area contributed by atoms with E-state index < -0.39 is 0 Å². The lowest BCUT2D eigenvalue weighted by molar-refractivity contribution is 0.255. The van der Waals surface area contributed by atoms with Crippen LogP contribution in [0.25, 0.3) is 0 Å². The maximum absolute atomic E-state index is 10.0. The predicted molar refractivity (Wildman–Crippen MR) is 109 cm³/mol. The quantitative estimate of drug-likeness (QED) is 0.753. The fourth-order valence-electron chi connectivity index (χ4n) is 4.14. The fraction of sp³-hybridized carbons (Fsp3) is 0.364. The van der Waals surface area contributed by atoms with Gasteiger partial charge in [-0.1, -0.05) is 36.4 Å². The molecule has 1 aliphatic rings. The number of nitrogens with zero attached hydrogens (tertiary/aromatic N) is 1. The molecule has 0 fully saturated rings. The SMILES string of the molecule is CN(C)CC1(c2cccc(O)c2)CC=CCC(c2cccc(O)c2)C1.Cl. The molecule has 0 bridgehead atoms. The standard InChI is InChI=1S/C22H27NO2.ClH/c1-23(2)16-22(19-9-6-11-21(25)14-19)12-4-3-7-18(15-22)17-8-5-10-20(24)13-17;/h3-6,8-11,13-14,18,24-25H,7,12,15-16H2,1-2H3;1H. The van der Waals surface area contributed by atoms with Gasteiger partial charge in [-0.3, -0.25) is 0 Å². The maximum atomic E-state index is 10.0. The summed E-state index contributed by atoms with van der Waals surface area (Å²) < 4.78 is 0. The Balaban J connectivity index is 0.00000243. The van der Waals surface area contributed by atoms with Crippen molar-refractivity contribution in [3.63, 3.8) is 0 Å². The lowest BCUT2D eigenvalue weighted by Gasteiger charge is -2.38. The molecule has 0 saturated carbocycles. The van der Waals surface area contributed by atoms with E-state index in [1.165, 1.54) is 11.1 Å². The van der Waals surface area contributed by atoms with Gasteiger partial charge in [0.2, 0.25) is 0 Å². The molecule has 0 aromatic heterocycles. The van der Waals surface area contributed by atoms with E-state index in [1.807, 2.05) is 24.3 Å². The highest BCUT2D eigenvalue weighted by Gasteiger charge is 2.36. The lowest BCUT2D eigenvalue weighted by atomic mass is 9.70. The van der Waals surface area contributed by atoms with Crippen molar-refractivity contribution >= 4 is 12.4 Å². The summed E-state index contributed by atoms with van der Waals surface area (Å²) in [6, 6.07) is 15.3. The Labute approximate surface area is 162 Å². The van der Waals surface area contributed by atoms with Crippen LogP contribution in [-0.4, -0.2) is 35.8 Å². The van der Waals surface area contributed by atoms with Gasteiger partial charge in [-0.15, -0.1) is 12.4 Å². The van der Waals surface area contributed by atoms with Crippen molar-refractivity contribution in [3.8, 4) is 11.5 Å². The minimum Gasteiger partial charge on any atom is -0.508 e. The van der Waals surface area contributed by atoms with Gasteiger partial charge in [-0.2, -0.15) is 0 Å². The summed E-state index contributed by atoms with van der Waals surface area (Å²) in [5, 5.41) is 19.9. The van der Waals surface area contributed by atoms with Crippen molar-refractivity contribution in [1.29, 1.82) is 0 Å². The third-order valence-electron chi connectivity index (χ3n) is 5.15. The first-order valence-corrected chi connectivity index (χ1v) is 8.87. The Morgan fingerprint density at radius 2 is 1.69 bits per heavy atom. The van der Waals surface area contributed by atoms with Crippen LogP contribution in [0, 0.1) is 0 Å². The smallest absolute Gasteiger partial charge is 0.115 e. The molecule has 0 amide bonds. The number of allylic oxidation sites excluding steroid dienone is 2. The molecule has 2 aromatic carbocycles. The van der Waals surface area contributed by atoms with Gasteiger partial charge < -0.3 is 15.1 Å². The van der Waals surface area contributed by atoms with E-state index in [4.69, 9.17) is 0 Å². The molecule has 0 radical (unpaired) electrons. The Morgan fingerprint density at radius 3 is 2.35 bits per heavy atom. The summed E-state index contributed by atoms with van der Waals surface area (Å²) in [7, 11) is 4.20. The summed E-state index contributed by atoms with van der Waals surface area (Å²) in [6.45, 7) is 0.913. The fourth-order valence-corrected chi connectivity index (χ4v) is 4.14. The molecule has 2 aromatic rings. The van der Waals surface area contributed by atoms with Gasteiger partial charge in [0.15, 0.2) is 0 Å². The first-order chi connectivity index (χ1) is 12.0. The van der Waals surface area contributed by atoms with Gasteiger partial charge in [0.05, 0.1) is 0 Å². The van der Waals surface area contributed by atoms with Crippen LogP contribution < -0.4 is 0 Å². The third kappa shape index (κ3) is 4.60. The molecule has 2 unspecified atom stereocenters. The number of likely N-dealkylation sites (N-methyl/N-ethyl adjacent to an activating group) is 1. The van der Waals surface area contributed by atoms with E-state index >= 15 is 0 Å². The average Bonchev–Trinajstić information content (AvgIpc) is 2.78. The highest BCUT2D eigenvalue weighted by atomic mass is 35.5. The molecule has 2 N–H and O–H groups in total. The number of hydrogen-bond acceptors (Lipinski definition) is 3. The van der Waals surface area contributed by atoms with Crippen LogP contribution in [-0.2, 0) is 5.41 Å². The highest BCUT2D eigenvalue weighted by Crippen LogP contribution is 2.43. The molecule has 0 aliphatic heterocycles. The molecule has 4 heteroatoms. The second kappa shape index (κ2) is 8.61.